The van der Waals surface area contributed by atoms with Crippen molar-refractivity contribution in [2.45, 2.75) is 33.1 Å². The van der Waals surface area contributed by atoms with E-state index < -0.39 is 5.97 Å². The van der Waals surface area contributed by atoms with Gasteiger partial charge < -0.3 is 5.11 Å². The van der Waals surface area contributed by atoms with Gasteiger partial charge in [-0.3, -0.25) is 0 Å². The van der Waals surface area contributed by atoms with Crippen molar-refractivity contribution in [3.8, 4) is 0 Å². The zero-order chi connectivity index (χ0) is 11.4. The summed E-state index contributed by atoms with van der Waals surface area (Å²) in [5.74, 6) is -0.558. The molecule has 0 aliphatic heterocycles. The fourth-order valence-electron chi connectivity index (χ4n) is 1.18. The highest BCUT2D eigenvalue weighted by Gasteiger charge is 2.14. The normalized spacial score (nSPS) is 12.1. The number of nitrogens with zero attached hydrogens (tertiary/aromatic N) is 1. The fraction of sp³-hybridized carbons (Fsp3) is 0.455. The van der Waals surface area contributed by atoms with Gasteiger partial charge in [-0.15, -0.1) is 11.3 Å². The van der Waals surface area contributed by atoms with E-state index in [1.54, 1.807) is 6.08 Å². The number of carbonyl (C=O) groups is 1. The van der Waals surface area contributed by atoms with E-state index in [0.717, 1.165) is 5.01 Å². The third-order valence-corrected chi connectivity index (χ3v) is 3.08. The molecule has 3 nitrogen and oxygen atoms in total. The van der Waals surface area contributed by atoms with Gasteiger partial charge in [0.05, 0.1) is 16.3 Å². The molecule has 15 heavy (non-hydrogen) atoms. The van der Waals surface area contributed by atoms with Crippen LogP contribution in [0.4, 0.5) is 0 Å². The van der Waals surface area contributed by atoms with Crippen molar-refractivity contribution < 1.29 is 9.90 Å². The SMILES string of the molecule is CC/C=C(\C(=O)O)c1csc(C(C)C)n1. The van der Waals surface area contributed by atoms with E-state index in [-0.39, 0.29) is 0 Å². The Hall–Kier alpha value is -1.16. The molecule has 4 heteroatoms. The Kier molecular flexibility index (Phi) is 4.03. The number of rotatable bonds is 4. The van der Waals surface area contributed by atoms with Gasteiger partial charge in [0.15, 0.2) is 0 Å². The van der Waals surface area contributed by atoms with E-state index in [0.29, 0.717) is 23.6 Å². The van der Waals surface area contributed by atoms with E-state index in [4.69, 9.17) is 5.11 Å². The summed E-state index contributed by atoms with van der Waals surface area (Å²) in [4.78, 5) is 15.3. The van der Waals surface area contributed by atoms with E-state index in [9.17, 15) is 4.79 Å². The molecule has 82 valence electrons. The standard InChI is InChI=1S/C11H15NO2S/c1-4-5-8(11(13)14)9-6-15-10(12-9)7(2)3/h5-7H,4H2,1-3H3,(H,13,14)/b8-5-. The molecule has 0 spiro atoms. The molecule has 1 N–H and O–H groups in total. The Morgan fingerprint density at radius 2 is 2.33 bits per heavy atom. The maximum absolute atomic E-state index is 11.0. The van der Waals surface area contributed by atoms with Gasteiger partial charge in [-0.1, -0.05) is 26.8 Å². The quantitative estimate of drug-likeness (QED) is 0.801. The third-order valence-electron chi connectivity index (χ3n) is 1.93. The predicted octanol–water partition coefficient (Wildman–Crippen LogP) is 3.14. The van der Waals surface area contributed by atoms with Crippen LogP contribution in [0.25, 0.3) is 5.57 Å². The zero-order valence-electron chi connectivity index (χ0n) is 9.15. The smallest absolute Gasteiger partial charge is 0.337 e. The highest BCUT2D eigenvalue weighted by Crippen LogP contribution is 2.23. The number of aliphatic carboxylic acids is 1. The molecule has 0 saturated carbocycles. The van der Waals surface area contributed by atoms with Crippen LogP contribution in [-0.2, 0) is 4.79 Å². The summed E-state index contributed by atoms with van der Waals surface area (Å²) in [7, 11) is 0. The number of allylic oxidation sites excluding steroid dienone is 1. The first-order valence-corrected chi connectivity index (χ1v) is 5.83. The van der Waals surface area contributed by atoms with Crippen LogP contribution in [0.5, 0.6) is 0 Å². The van der Waals surface area contributed by atoms with E-state index in [1.807, 2.05) is 26.2 Å². The minimum Gasteiger partial charge on any atom is -0.478 e. The van der Waals surface area contributed by atoms with Gasteiger partial charge in [0.2, 0.25) is 0 Å². The van der Waals surface area contributed by atoms with Gasteiger partial charge in [0.25, 0.3) is 0 Å². The molecular weight excluding hydrogens is 210 g/mol. The second kappa shape index (κ2) is 5.07. The van der Waals surface area contributed by atoms with Gasteiger partial charge >= 0.3 is 5.97 Å². The highest BCUT2D eigenvalue weighted by molar-refractivity contribution is 7.09. The van der Waals surface area contributed by atoms with Crippen LogP contribution in [0, 0.1) is 0 Å². The second-order valence-corrected chi connectivity index (χ2v) is 4.45. The molecule has 0 bridgehead atoms. The maximum Gasteiger partial charge on any atom is 0.337 e. The molecule has 1 rings (SSSR count). The Morgan fingerprint density at radius 1 is 1.67 bits per heavy atom. The van der Waals surface area contributed by atoms with Gasteiger partial charge in [0.1, 0.15) is 0 Å². The molecule has 0 unspecified atom stereocenters. The first-order valence-electron chi connectivity index (χ1n) is 4.95. The Labute approximate surface area is 93.5 Å². The average molecular weight is 225 g/mol. The molecule has 0 amide bonds. The lowest BCUT2D eigenvalue weighted by atomic mass is 10.1. The summed E-state index contributed by atoms with van der Waals surface area (Å²) in [6, 6.07) is 0. The van der Waals surface area contributed by atoms with Crippen molar-refractivity contribution in [1.82, 2.24) is 4.98 Å². The van der Waals surface area contributed by atoms with Crippen LogP contribution in [0.1, 0.15) is 43.8 Å². The van der Waals surface area contributed by atoms with Crippen molar-refractivity contribution in [1.29, 1.82) is 0 Å². The Balaban J connectivity index is 3.03. The zero-order valence-corrected chi connectivity index (χ0v) is 9.97. The van der Waals surface area contributed by atoms with E-state index in [1.165, 1.54) is 11.3 Å². The molecule has 1 heterocycles. The molecule has 1 aromatic heterocycles. The fourth-order valence-corrected chi connectivity index (χ4v) is 2.02. The predicted molar refractivity (Wildman–Crippen MR) is 62.1 cm³/mol. The van der Waals surface area contributed by atoms with Crippen LogP contribution < -0.4 is 0 Å². The number of hydrogen-bond acceptors (Lipinski definition) is 3. The van der Waals surface area contributed by atoms with Crippen LogP contribution >= 0.6 is 11.3 Å². The largest absolute Gasteiger partial charge is 0.478 e. The topological polar surface area (TPSA) is 50.2 Å². The summed E-state index contributed by atoms with van der Waals surface area (Å²) in [6.07, 6.45) is 2.40. The molecular formula is C11H15NO2S. The Morgan fingerprint density at radius 3 is 2.73 bits per heavy atom. The summed E-state index contributed by atoms with van der Waals surface area (Å²) in [5.41, 5.74) is 0.888. The lowest BCUT2D eigenvalue weighted by Gasteiger charge is -1.98. The number of thiazole rings is 1. The molecule has 0 aliphatic rings. The molecule has 0 fully saturated rings. The number of hydrogen-bond donors (Lipinski definition) is 1. The summed E-state index contributed by atoms with van der Waals surface area (Å²) < 4.78 is 0. The van der Waals surface area contributed by atoms with Crippen LogP contribution in [-0.4, -0.2) is 16.1 Å². The molecule has 0 saturated heterocycles. The Bertz CT molecular complexity index is 380. The molecule has 0 radical (unpaired) electrons. The van der Waals surface area contributed by atoms with Gasteiger partial charge in [-0.25, -0.2) is 9.78 Å². The molecule has 1 aromatic rings. The average Bonchev–Trinajstić information content (AvgIpc) is 2.62. The number of aromatic nitrogens is 1. The summed E-state index contributed by atoms with van der Waals surface area (Å²) in [5, 5.41) is 11.8. The lowest BCUT2D eigenvalue weighted by Crippen LogP contribution is -2.00. The van der Waals surface area contributed by atoms with Crippen molar-refractivity contribution in [3.63, 3.8) is 0 Å². The first-order chi connectivity index (χ1) is 7.06. The van der Waals surface area contributed by atoms with Gasteiger partial charge in [-0.05, 0) is 6.42 Å². The molecule has 0 aliphatic carbocycles. The highest BCUT2D eigenvalue weighted by atomic mass is 32.1. The van der Waals surface area contributed by atoms with E-state index >= 15 is 0 Å². The minimum absolute atomic E-state index is 0.306. The molecule has 0 atom stereocenters. The second-order valence-electron chi connectivity index (χ2n) is 3.56. The van der Waals surface area contributed by atoms with Crippen molar-refractivity contribution in [3.05, 3.63) is 22.2 Å². The maximum atomic E-state index is 11.0. The van der Waals surface area contributed by atoms with Crippen LogP contribution in [0.2, 0.25) is 0 Å². The van der Waals surface area contributed by atoms with Crippen LogP contribution in [0.15, 0.2) is 11.5 Å². The van der Waals surface area contributed by atoms with Crippen molar-refractivity contribution in [2.75, 3.05) is 0 Å². The summed E-state index contributed by atoms with van der Waals surface area (Å²) >= 11 is 1.51. The number of carboxylic acid groups (broad SMARTS) is 1. The van der Waals surface area contributed by atoms with E-state index in [2.05, 4.69) is 4.98 Å². The first kappa shape index (κ1) is 11.9. The van der Waals surface area contributed by atoms with Crippen molar-refractivity contribution in [2.24, 2.45) is 0 Å². The summed E-state index contributed by atoms with van der Waals surface area (Å²) in [6.45, 7) is 6.01. The van der Waals surface area contributed by atoms with Crippen molar-refractivity contribution >= 4 is 22.9 Å². The number of carboxylic acids is 1. The lowest BCUT2D eigenvalue weighted by molar-refractivity contribution is -0.130. The van der Waals surface area contributed by atoms with Gasteiger partial charge in [0, 0.05) is 11.3 Å². The molecule has 0 aromatic carbocycles. The monoisotopic (exact) mass is 225 g/mol. The third kappa shape index (κ3) is 2.89. The minimum atomic E-state index is -0.905. The van der Waals surface area contributed by atoms with Crippen LogP contribution in [0.3, 0.4) is 0 Å². The van der Waals surface area contributed by atoms with Gasteiger partial charge in [-0.2, -0.15) is 0 Å².